The maximum absolute atomic E-state index is 2.39. The molecule has 0 aromatic carbocycles. The summed E-state index contributed by atoms with van der Waals surface area (Å²) in [6.07, 6.45) is 8.68. The number of thioether (sulfide) groups is 1. The highest BCUT2D eigenvalue weighted by Crippen LogP contribution is 2.46. The van der Waals surface area contributed by atoms with E-state index < -0.39 is 0 Å². The first kappa shape index (κ1) is 10.4. The Bertz CT molecular complexity index is 275. The molecule has 0 aromatic heterocycles. The fraction of sp³-hybridized carbons (Fsp3) is 0.692. The SMILES string of the molecule is CCC1CC(C)SC2=C1C=CCC2C. The lowest BCUT2D eigenvalue weighted by molar-refractivity contribution is 0.526. The molecule has 2 rings (SSSR count). The number of hydrogen-bond acceptors (Lipinski definition) is 1. The summed E-state index contributed by atoms with van der Waals surface area (Å²) in [5.41, 5.74) is 1.66. The zero-order valence-corrected chi connectivity index (χ0v) is 10.2. The second-order valence-electron chi connectivity index (χ2n) is 4.63. The van der Waals surface area contributed by atoms with E-state index >= 15 is 0 Å². The molecule has 0 spiro atoms. The minimum atomic E-state index is 0.775. The summed E-state index contributed by atoms with van der Waals surface area (Å²) in [6.45, 7) is 7.07. The van der Waals surface area contributed by atoms with Gasteiger partial charge in [-0.3, -0.25) is 0 Å². The molecule has 1 heterocycles. The molecule has 2 aliphatic rings. The molecule has 0 aromatic rings. The Balaban J connectivity index is 2.31. The lowest BCUT2D eigenvalue weighted by Crippen LogP contribution is -2.20. The Morgan fingerprint density at radius 2 is 2.21 bits per heavy atom. The van der Waals surface area contributed by atoms with Crippen molar-refractivity contribution in [2.75, 3.05) is 0 Å². The van der Waals surface area contributed by atoms with Gasteiger partial charge < -0.3 is 0 Å². The summed E-state index contributed by atoms with van der Waals surface area (Å²) in [4.78, 5) is 1.69. The molecule has 1 aliphatic heterocycles. The quantitative estimate of drug-likeness (QED) is 0.616. The van der Waals surface area contributed by atoms with Crippen molar-refractivity contribution in [3.05, 3.63) is 22.6 Å². The van der Waals surface area contributed by atoms with E-state index in [1.165, 1.54) is 19.3 Å². The molecule has 3 atom stereocenters. The second-order valence-corrected chi connectivity index (χ2v) is 6.11. The highest BCUT2D eigenvalue weighted by molar-refractivity contribution is 8.03. The average Bonchev–Trinajstić information content (AvgIpc) is 2.18. The van der Waals surface area contributed by atoms with Gasteiger partial charge in [0.25, 0.3) is 0 Å². The largest absolute Gasteiger partial charge is 0.127 e. The van der Waals surface area contributed by atoms with Crippen molar-refractivity contribution >= 4 is 11.8 Å². The van der Waals surface area contributed by atoms with E-state index in [0.717, 1.165) is 17.1 Å². The van der Waals surface area contributed by atoms with Crippen LogP contribution in [-0.2, 0) is 0 Å². The Morgan fingerprint density at radius 3 is 2.93 bits per heavy atom. The van der Waals surface area contributed by atoms with Crippen LogP contribution in [0.5, 0.6) is 0 Å². The van der Waals surface area contributed by atoms with Crippen molar-refractivity contribution in [3.63, 3.8) is 0 Å². The van der Waals surface area contributed by atoms with Gasteiger partial charge in [0.2, 0.25) is 0 Å². The van der Waals surface area contributed by atoms with Crippen LogP contribution in [0.1, 0.15) is 40.0 Å². The molecular formula is C13H20S. The third-order valence-corrected chi connectivity index (χ3v) is 4.88. The molecule has 1 heteroatoms. The Hall–Kier alpha value is -0.170. The van der Waals surface area contributed by atoms with Crippen molar-refractivity contribution < 1.29 is 0 Å². The predicted molar refractivity (Wildman–Crippen MR) is 65.4 cm³/mol. The Labute approximate surface area is 91.9 Å². The van der Waals surface area contributed by atoms with E-state index in [9.17, 15) is 0 Å². The van der Waals surface area contributed by atoms with Gasteiger partial charge in [-0.1, -0.05) is 32.9 Å². The van der Waals surface area contributed by atoms with Crippen LogP contribution in [-0.4, -0.2) is 5.25 Å². The fourth-order valence-electron chi connectivity index (χ4n) is 2.57. The number of hydrogen-bond donors (Lipinski definition) is 0. The standard InChI is InChI=1S/C13H20S/c1-4-11-8-10(3)14-13-9(2)6-5-7-12(11)13/h5,7,9-11H,4,6,8H2,1-3H3. The summed E-state index contributed by atoms with van der Waals surface area (Å²) < 4.78 is 0. The normalized spacial score (nSPS) is 37.2. The fourth-order valence-corrected chi connectivity index (χ4v) is 4.03. The van der Waals surface area contributed by atoms with Gasteiger partial charge in [0.1, 0.15) is 0 Å². The molecule has 0 N–H and O–H groups in total. The molecule has 78 valence electrons. The highest BCUT2D eigenvalue weighted by atomic mass is 32.2. The molecule has 0 fully saturated rings. The van der Waals surface area contributed by atoms with Gasteiger partial charge in [0.15, 0.2) is 0 Å². The molecular weight excluding hydrogens is 188 g/mol. The zero-order valence-electron chi connectivity index (χ0n) is 9.42. The Kier molecular flexibility index (Phi) is 3.06. The van der Waals surface area contributed by atoms with E-state index in [-0.39, 0.29) is 0 Å². The van der Waals surface area contributed by atoms with Gasteiger partial charge in [-0.15, -0.1) is 11.8 Å². The van der Waals surface area contributed by atoms with E-state index in [1.807, 2.05) is 0 Å². The van der Waals surface area contributed by atoms with Crippen LogP contribution in [0.3, 0.4) is 0 Å². The van der Waals surface area contributed by atoms with Crippen LogP contribution in [0.15, 0.2) is 22.6 Å². The lowest BCUT2D eigenvalue weighted by Gasteiger charge is -2.34. The number of allylic oxidation sites excluding steroid dienone is 4. The lowest BCUT2D eigenvalue weighted by atomic mass is 9.85. The van der Waals surface area contributed by atoms with Crippen LogP contribution in [0.4, 0.5) is 0 Å². The number of rotatable bonds is 1. The van der Waals surface area contributed by atoms with E-state index in [1.54, 1.807) is 10.5 Å². The first-order chi connectivity index (χ1) is 6.72. The maximum Gasteiger partial charge on any atom is 0.00688 e. The molecule has 0 bridgehead atoms. The van der Waals surface area contributed by atoms with Crippen molar-refractivity contribution in [2.24, 2.45) is 11.8 Å². The summed E-state index contributed by atoms with van der Waals surface area (Å²) in [7, 11) is 0. The van der Waals surface area contributed by atoms with Crippen LogP contribution in [0, 0.1) is 11.8 Å². The van der Waals surface area contributed by atoms with Gasteiger partial charge in [0, 0.05) is 5.25 Å². The van der Waals surface area contributed by atoms with Crippen molar-refractivity contribution in [1.82, 2.24) is 0 Å². The second kappa shape index (κ2) is 4.14. The third-order valence-electron chi connectivity index (χ3n) is 3.40. The highest BCUT2D eigenvalue weighted by Gasteiger charge is 2.28. The molecule has 0 radical (unpaired) electrons. The van der Waals surface area contributed by atoms with Crippen LogP contribution in [0.25, 0.3) is 0 Å². The van der Waals surface area contributed by atoms with Gasteiger partial charge in [0.05, 0.1) is 0 Å². The van der Waals surface area contributed by atoms with E-state index in [0.29, 0.717) is 0 Å². The van der Waals surface area contributed by atoms with Crippen LogP contribution >= 0.6 is 11.8 Å². The minimum absolute atomic E-state index is 0.775. The van der Waals surface area contributed by atoms with Gasteiger partial charge in [-0.25, -0.2) is 0 Å². The molecule has 3 unspecified atom stereocenters. The molecule has 0 amide bonds. The topological polar surface area (TPSA) is 0 Å². The smallest absolute Gasteiger partial charge is 0.00688 e. The molecule has 0 nitrogen and oxygen atoms in total. The van der Waals surface area contributed by atoms with Gasteiger partial charge >= 0.3 is 0 Å². The summed E-state index contributed by atoms with van der Waals surface area (Å²) in [6, 6.07) is 0. The minimum Gasteiger partial charge on any atom is -0.127 e. The molecule has 0 saturated carbocycles. The van der Waals surface area contributed by atoms with Crippen molar-refractivity contribution in [3.8, 4) is 0 Å². The first-order valence-corrected chi connectivity index (χ1v) is 6.67. The van der Waals surface area contributed by atoms with Gasteiger partial charge in [-0.2, -0.15) is 0 Å². The summed E-state index contributed by atoms with van der Waals surface area (Å²) >= 11 is 2.13. The van der Waals surface area contributed by atoms with E-state index in [4.69, 9.17) is 0 Å². The maximum atomic E-state index is 2.39. The molecule has 14 heavy (non-hydrogen) atoms. The third kappa shape index (κ3) is 1.79. The zero-order chi connectivity index (χ0) is 10.1. The van der Waals surface area contributed by atoms with Crippen LogP contribution in [0.2, 0.25) is 0 Å². The van der Waals surface area contributed by atoms with Gasteiger partial charge in [-0.05, 0) is 41.6 Å². The monoisotopic (exact) mass is 208 g/mol. The summed E-state index contributed by atoms with van der Waals surface area (Å²) in [5, 5.41) is 0.827. The Morgan fingerprint density at radius 1 is 1.43 bits per heavy atom. The van der Waals surface area contributed by atoms with E-state index in [2.05, 4.69) is 44.7 Å². The van der Waals surface area contributed by atoms with Crippen molar-refractivity contribution in [1.29, 1.82) is 0 Å². The summed E-state index contributed by atoms with van der Waals surface area (Å²) in [5.74, 6) is 1.61. The average molecular weight is 208 g/mol. The predicted octanol–water partition coefficient (Wildman–Crippen LogP) is 4.39. The molecule has 1 aliphatic carbocycles. The van der Waals surface area contributed by atoms with Crippen molar-refractivity contribution in [2.45, 2.75) is 45.3 Å². The first-order valence-electron chi connectivity index (χ1n) is 5.79. The van der Waals surface area contributed by atoms with Crippen LogP contribution < -0.4 is 0 Å². The molecule has 0 saturated heterocycles.